The lowest BCUT2D eigenvalue weighted by Crippen LogP contribution is -2.13. The van der Waals surface area contributed by atoms with Gasteiger partial charge in [-0.1, -0.05) is 55.4 Å². The van der Waals surface area contributed by atoms with Crippen molar-refractivity contribution in [3.63, 3.8) is 0 Å². The Balaban J connectivity index is 2.84. The number of rotatable bonds is 9. The minimum absolute atomic E-state index is 0.0772. The summed E-state index contributed by atoms with van der Waals surface area (Å²) >= 11 is 0. The molecule has 0 atom stereocenters. The van der Waals surface area contributed by atoms with Crippen LogP contribution in [0.15, 0.2) is 6.07 Å². The highest BCUT2D eigenvalue weighted by molar-refractivity contribution is 6.35. The second-order valence-corrected chi connectivity index (χ2v) is 11.8. The maximum Gasteiger partial charge on any atom is 0.288 e. The predicted octanol–water partition coefficient (Wildman–Crippen LogP) is 8.62. The number of benzene rings is 4. The summed E-state index contributed by atoms with van der Waals surface area (Å²) in [6.45, 7) is 12.5. The molecule has 0 fully saturated rings. The average Bonchev–Trinajstić information content (AvgIpc) is 2.87. The Kier molecular flexibility index (Phi) is 7.41. The number of non-ortho nitro benzene ring substituents is 1. The first-order chi connectivity index (χ1) is 19.9. The van der Waals surface area contributed by atoms with Crippen LogP contribution in [0, 0.1) is 50.6 Å². The number of hydrogen-bond donors (Lipinski definition) is 0. The lowest BCUT2D eigenvalue weighted by Gasteiger charge is -2.24. The van der Waals surface area contributed by atoms with Crippen LogP contribution in [0.1, 0.15) is 101 Å². The first-order valence-corrected chi connectivity index (χ1v) is 13.5. The smallest absolute Gasteiger partial charge is 0.258 e. The third-order valence-corrected chi connectivity index (χ3v) is 7.87. The maximum atomic E-state index is 12.9. The number of hydrogen-bond acceptors (Lipinski definition) is 10. The van der Waals surface area contributed by atoms with Gasteiger partial charge in [0.2, 0.25) is 0 Å². The van der Waals surface area contributed by atoms with E-state index < -0.39 is 82.1 Å². The summed E-state index contributed by atoms with van der Waals surface area (Å²) in [6.07, 6.45) is 0. The van der Waals surface area contributed by atoms with Crippen molar-refractivity contribution in [3.8, 4) is 0 Å². The Bertz CT molecular complexity index is 1890. The van der Waals surface area contributed by atoms with Crippen LogP contribution < -0.4 is 0 Å². The highest BCUT2D eigenvalue weighted by Crippen LogP contribution is 2.59. The first-order valence-electron chi connectivity index (χ1n) is 13.5. The topological polar surface area (TPSA) is 216 Å². The summed E-state index contributed by atoms with van der Waals surface area (Å²) in [7, 11) is 0. The van der Waals surface area contributed by atoms with Gasteiger partial charge in [0, 0.05) is 28.0 Å². The Morgan fingerprint density at radius 2 is 0.744 bits per heavy atom. The fraction of sp³-hybridized carbons (Fsp3) is 0.429. The molecule has 0 unspecified atom stereocenters. The van der Waals surface area contributed by atoms with Crippen LogP contribution in [0.2, 0.25) is 0 Å². The van der Waals surface area contributed by atoms with E-state index in [2.05, 4.69) is 0 Å². The van der Waals surface area contributed by atoms with Gasteiger partial charge in [0.15, 0.2) is 0 Å². The van der Waals surface area contributed by atoms with E-state index in [4.69, 9.17) is 0 Å². The molecule has 0 aliphatic heterocycles. The highest BCUT2D eigenvalue weighted by atomic mass is 16.6. The van der Waals surface area contributed by atoms with Crippen LogP contribution in [-0.2, 0) is 0 Å². The Morgan fingerprint density at radius 1 is 0.419 bits per heavy atom. The zero-order chi connectivity index (χ0) is 32.6. The zero-order valence-electron chi connectivity index (χ0n) is 24.7. The molecule has 15 nitrogen and oxygen atoms in total. The van der Waals surface area contributed by atoms with Gasteiger partial charge >= 0.3 is 0 Å². The van der Waals surface area contributed by atoms with E-state index in [1.165, 1.54) is 27.7 Å². The molecule has 0 radical (unpaired) electrons. The molecular weight excluding hydrogens is 566 g/mol. The van der Waals surface area contributed by atoms with Gasteiger partial charge in [-0.25, -0.2) is 0 Å². The van der Waals surface area contributed by atoms with Gasteiger partial charge in [0.1, 0.15) is 10.9 Å². The minimum Gasteiger partial charge on any atom is -0.258 e. The van der Waals surface area contributed by atoms with Gasteiger partial charge < -0.3 is 0 Å². The fourth-order valence-corrected chi connectivity index (χ4v) is 6.49. The third kappa shape index (κ3) is 4.25. The molecule has 43 heavy (non-hydrogen) atoms. The van der Waals surface area contributed by atoms with Crippen molar-refractivity contribution in [2.24, 2.45) is 0 Å². The summed E-state index contributed by atoms with van der Waals surface area (Å²) in [5, 5.41) is 62.1. The molecule has 4 aromatic rings. The first kappa shape index (κ1) is 30.9. The molecule has 0 spiro atoms. The summed E-state index contributed by atoms with van der Waals surface area (Å²) < 4.78 is 0. The van der Waals surface area contributed by atoms with Gasteiger partial charge in [0.05, 0.1) is 40.8 Å². The van der Waals surface area contributed by atoms with Crippen molar-refractivity contribution < 1.29 is 24.6 Å². The van der Waals surface area contributed by atoms with Crippen LogP contribution in [0.4, 0.5) is 28.4 Å². The largest absolute Gasteiger partial charge is 0.288 e. The van der Waals surface area contributed by atoms with Crippen LogP contribution in [0.25, 0.3) is 32.3 Å². The van der Waals surface area contributed by atoms with Gasteiger partial charge in [0.25, 0.3) is 28.4 Å². The van der Waals surface area contributed by atoms with Crippen molar-refractivity contribution in [3.05, 3.63) is 78.9 Å². The minimum atomic E-state index is -0.872. The Hall–Kier alpha value is -5.08. The fourth-order valence-electron chi connectivity index (χ4n) is 6.49. The van der Waals surface area contributed by atoms with Crippen LogP contribution in [0.5, 0.6) is 0 Å². The molecule has 0 bridgehead atoms. The molecule has 0 saturated carbocycles. The standard InChI is InChI=1S/C28H29N5O10/c1-10(2)14-9-15(29(34)35)20-21-19(14)25(30(36)37)16(11(3)4)23-22(21)24(17(12(5)6)26(20)31(38)39)28(33(42)43)18(13(7)8)27(23)32(40)41/h9-13H,1-8H3. The van der Waals surface area contributed by atoms with E-state index in [-0.39, 0.29) is 49.2 Å². The second-order valence-electron chi connectivity index (χ2n) is 11.8. The second kappa shape index (κ2) is 10.3. The number of nitrogens with zero attached hydrogens (tertiary/aromatic N) is 5. The van der Waals surface area contributed by atoms with E-state index in [1.807, 2.05) is 0 Å². The molecule has 4 aromatic carbocycles. The molecule has 0 saturated heterocycles. The van der Waals surface area contributed by atoms with Crippen molar-refractivity contribution in [1.82, 2.24) is 0 Å². The third-order valence-electron chi connectivity index (χ3n) is 7.87. The van der Waals surface area contributed by atoms with E-state index >= 15 is 0 Å². The summed E-state index contributed by atoms with van der Waals surface area (Å²) in [4.78, 5) is 59.8. The lowest BCUT2D eigenvalue weighted by molar-refractivity contribution is -0.394. The average molecular weight is 596 g/mol. The highest BCUT2D eigenvalue weighted by Gasteiger charge is 2.45. The zero-order valence-corrected chi connectivity index (χ0v) is 24.7. The Morgan fingerprint density at radius 3 is 1.05 bits per heavy atom. The van der Waals surface area contributed by atoms with E-state index in [9.17, 15) is 50.6 Å². The molecule has 0 aromatic heterocycles. The van der Waals surface area contributed by atoms with Crippen molar-refractivity contribution >= 4 is 60.8 Å². The van der Waals surface area contributed by atoms with Gasteiger partial charge in [-0.15, -0.1) is 0 Å². The van der Waals surface area contributed by atoms with Crippen LogP contribution in [-0.4, -0.2) is 24.6 Å². The summed E-state index contributed by atoms with van der Waals surface area (Å²) in [6, 6.07) is 1.07. The molecule has 0 aliphatic carbocycles. The predicted molar refractivity (Wildman–Crippen MR) is 160 cm³/mol. The van der Waals surface area contributed by atoms with E-state index in [1.54, 1.807) is 27.7 Å². The van der Waals surface area contributed by atoms with Crippen LogP contribution >= 0.6 is 0 Å². The van der Waals surface area contributed by atoms with Gasteiger partial charge in [-0.2, -0.15) is 0 Å². The molecule has 226 valence electrons. The number of nitro groups is 5. The molecule has 0 amide bonds. The molecule has 4 rings (SSSR count). The lowest BCUT2D eigenvalue weighted by atomic mass is 9.76. The SMILES string of the molecule is CC(C)c1c([N+](=O)[O-])c2c(C(C)C)c([N+](=O)[O-])c3c(C(C)C)cc([N+](=O)[O-])c4c([N+](=O)[O-])c(C(C)C)c(c1[N+](=O)[O-])c2c34. The number of nitro benzene ring substituents is 5. The van der Waals surface area contributed by atoms with Gasteiger partial charge in [-0.3, -0.25) is 50.6 Å². The van der Waals surface area contributed by atoms with Crippen LogP contribution in [0.3, 0.4) is 0 Å². The Labute approximate surface area is 243 Å². The monoisotopic (exact) mass is 595 g/mol. The van der Waals surface area contributed by atoms with Crippen molar-refractivity contribution in [2.45, 2.75) is 79.1 Å². The van der Waals surface area contributed by atoms with Crippen molar-refractivity contribution in [2.75, 3.05) is 0 Å². The maximum absolute atomic E-state index is 12.9. The molecule has 0 N–H and O–H groups in total. The normalized spacial score (nSPS) is 12.1. The summed E-state index contributed by atoms with van der Waals surface area (Å²) in [5.74, 6) is -3.00. The quantitative estimate of drug-likeness (QED) is 0.102. The summed E-state index contributed by atoms with van der Waals surface area (Å²) in [5.41, 5.74) is -4.08. The van der Waals surface area contributed by atoms with Crippen molar-refractivity contribution in [1.29, 1.82) is 0 Å². The molecule has 15 heteroatoms. The molecule has 0 heterocycles. The van der Waals surface area contributed by atoms with E-state index in [0.717, 1.165) is 6.07 Å². The molecular formula is C28H29N5O10. The molecule has 0 aliphatic rings. The van der Waals surface area contributed by atoms with E-state index in [0.29, 0.717) is 0 Å². The van der Waals surface area contributed by atoms with Gasteiger partial charge in [-0.05, 0) is 29.2 Å².